The second-order valence-corrected chi connectivity index (χ2v) is 8.55. The van der Waals surface area contributed by atoms with Crippen molar-refractivity contribution in [3.63, 3.8) is 0 Å². The summed E-state index contributed by atoms with van der Waals surface area (Å²) in [4.78, 5) is 23.2. The zero-order valence-corrected chi connectivity index (χ0v) is 17.7. The Morgan fingerprint density at radius 2 is 1.67 bits per heavy atom. The quantitative estimate of drug-likeness (QED) is 0.210. The van der Waals surface area contributed by atoms with Gasteiger partial charge in [-0.05, 0) is 31.5 Å². The molecule has 0 spiro atoms. The maximum Gasteiger partial charge on any atom is 0.348 e. The fourth-order valence-electron chi connectivity index (χ4n) is 3.14. The monoisotopic (exact) mass is 430 g/mol. The molecule has 0 amide bonds. The summed E-state index contributed by atoms with van der Waals surface area (Å²) in [5.74, 6) is -1.08. The third kappa shape index (κ3) is 5.61. The van der Waals surface area contributed by atoms with Gasteiger partial charge in [-0.25, -0.2) is 0 Å². The molecule has 30 heavy (non-hydrogen) atoms. The molecule has 0 saturated carbocycles. The van der Waals surface area contributed by atoms with E-state index in [-0.39, 0.29) is 36.7 Å². The lowest BCUT2D eigenvalue weighted by Gasteiger charge is -2.28. The summed E-state index contributed by atoms with van der Waals surface area (Å²) in [6.07, 6.45) is -0.135. The maximum absolute atomic E-state index is 13.3. The number of nitriles is 1. The molecule has 2 aromatic carbocycles. The normalized spacial score (nSPS) is 13.2. The Bertz CT molecular complexity index is 946. The van der Waals surface area contributed by atoms with Gasteiger partial charge in [0.2, 0.25) is 0 Å². The Kier molecular flexibility index (Phi) is 8.43. The Morgan fingerprint density at radius 3 is 2.13 bits per heavy atom. The first-order valence-electron chi connectivity index (χ1n) is 9.47. The van der Waals surface area contributed by atoms with E-state index >= 15 is 0 Å². The zero-order chi connectivity index (χ0) is 22.1. The third-order valence-corrected chi connectivity index (χ3v) is 6.90. The molecule has 0 aliphatic heterocycles. The molecule has 0 aliphatic carbocycles. The lowest BCUT2D eigenvalue weighted by atomic mass is 9.89. The number of ketones is 1. The van der Waals surface area contributed by atoms with Crippen LogP contribution in [0, 0.1) is 21.4 Å². The summed E-state index contributed by atoms with van der Waals surface area (Å²) in [6, 6.07) is 16.1. The van der Waals surface area contributed by atoms with Crippen molar-refractivity contribution in [3.05, 3.63) is 75.8 Å². The van der Waals surface area contributed by atoms with Crippen LogP contribution >= 0.6 is 7.60 Å². The minimum absolute atomic E-state index is 0.0905. The highest BCUT2D eigenvalue weighted by atomic mass is 31.2. The molecule has 2 rings (SSSR count). The number of non-ortho nitro benzene ring substituents is 1. The van der Waals surface area contributed by atoms with Crippen LogP contribution in [0.2, 0.25) is 0 Å². The van der Waals surface area contributed by atoms with E-state index in [2.05, 4.69) is 0 Å². The predicted molar refractivity (Wildman–Crippen MR) is 111 cm³/mol. The average molecular weight is 430 g/mol. The van der Waals surface area contributed by atoms with Gasteiger partial charge in [0.15, 0.2) is 11.4 Å². The molecule has 2 atom stereocenters. The van der Waals surface area contributed by atoms with Crippen LogP contribution in [-0.4, -0.2) is 29.6 Å². The van der Waals surface area contributed by atoms with Crippen molar-refractivity contribution < 1.29 is 23.3 Å². The van der Waals surface area contributed by atoms with E-state index in [1.165, 1.54) is 24.3 Å². The van der Waals surface area contributed by atoms with E-state index in [4.69, 9.17) is 9.05 Å². The van der Waals surface area contributed by atoms with Crippen molar-refractivity contribution in [1.29, 1.82) is 5.26 Å². The van der Waals surface area contributed by atoms with Crippen molar-refractivity contribution in [2.75, 3.05) is 13.2 Å². The molecule has 2 aromatic rings. The highest BCUT2D eigenvalue weighted by molar-refractivity contribution is 7.55. The number of nitro groups is 1. The largest absolute Gasteiger partial charge is 0.348 e. The summed E-state index contributed by atoms with van der Waals surface area (Å²) in [5, 5.41) is 20.7. The summed E-state index contributed by atoms with van der Waals surface area (Å²) < 4.78 is 24.1. The molecule has 9 heteroatoms. The van der Waals surface area contributed by atoms with Gasteiger partial charge in [0.1, 0.15) is 0 Å². The van der Waals surface area contributed by atoms with Crippen LogP contribution in [0.4, 0.5) is 5.69 Å². The number of carbonyl (C=O) groups is 1. The Morgan fingerprint density at radius 1 is 1.10 bits per heavy atom. The van der Waals surface area contributed by atoms with Gasteiger partial charge in [0.05, 0.1) is 24.2 Å². The number of carbonyl (C=O) groups excluding carboxylic acids is 1. The van der Waals surface area contributed by atoms with Gasteiger partial charge in [0, 0.05) is 30.0 Å². The molecular weight excluding hydrogens is 407 g/mol. The van der Waals surface area contributed by atoms with Gasteiger partial charge in [-0.15, -0.1) is 0 Å². The van der Waals surface area contributed by atoms with Gasteiger partial charge in [-0.2, -0.15) is 5.26 Å². The lowest BCUT2D eigenvalue weighted by molar-refractivity contribution is -0.384. The predicted octanol–water partition coefficient (Wildman–Crippen LogP) is 5.11. The zero-order valence-electron chi connectivity index (χ0n) is 16.8. The standard InChI is InChI=1S/C21H23N2O6P/c1-3-28-30(27,29-4-2)21(15-22)19(16-8-6-5-7-9-16)14-20(24)17-10-12-18(13-11-17)23(25)26/h5-13,19,21H,3-4,14H2,1-2H3. The molecule has 158 valence electrons. The SMILES string of the molecule is CCOP(=O)(OCC)C(C#N)C(CC(=O)c1ccc([N+](=O)[O-])cc1)c1ccccc1. The van der Waals surface area contributed by atoms with Gasteiger partial charge in [-0.3, -0.25) is 19.5 Å². The number of rotatable bonds is 11. The molecule has 0 radical (unpaired) electrons. The van der Waals surface area contributed by atoms with Crippen molar-refractivity contribution in [2.24, 2.45) is 0 Å². The summed E-state index contributed by atoms with van der Waals surface area (Å²) in [7, 11) is -3.82. The second kappa shape index (κ2) is 10.8. The van der Waals surface area contributed by atoms with Gasteiger partial charge in [-0.1, -0.05) is 30.3 Å². The topological polar surface area (TPSA) is 120 Å². The van der Waals surface area contributed by atoms with Crippen LogP contribution in [-0.2, 0) is 13.6 Å². The van der Waals surface area contributed by atoms with E-state index in [9.17, 15) is 24.7 Å². The van der Waals surface area contributed by atoms with Crippen LogP contribution in [0.15, 0.2) is 54.6 Å². The van der Waals surface area contributed by atoms with Crippen molar-refractivity contribution in [1.82, 2.24) is 0 Å². The van der Waals surface area contributed by atoms with Gasteiger partial charge < -0.3 is 9.05 Å². The van der Waals surface area contributed by atoms with E-state index in [1.807, 2.05) is 6.07 Å². The maximum atomic E-state index is 13.3. The molecule has 0 bridgehead atoms. The van der Waals surface area contributed by atoms with Crippen molar-refractivity contribution >= 4 is 19.1 Å². The number of nitrogens with zero attached hydrogens (tertiary/aromatic N) is 2. The highest BCUT2D eigenvalue weighted by Gasteiger charge is 2.43. The van der Waals surface area contributed by atoms with Crippen LogP contribution in [0.5, 0.6) is 0 Å². The first-order valence-corrected chi connectivity index (χ1v) is 11.1. The van der Waals surface area contributed by atoms with Crippen molar-refractivity contribution in [3.8, 4) is 6.07 Å². The first-order chi connectivity index (χ1) is 14.4. The smallest absolute Gasteiger partial charge is 0.308 e. The first kappa shape index (κ1) is 23.4. The highest BCUT2D eigenvalue weighted by Crippen LogP contribution is 2.57. The van der Waals surface area contributed by atoms with E-state index < -0.39 is 24.1 Å². The molecule has 0 aliphatic rings. The minimum Gasteiger partial charge on any atom is -0.308 e. The molecule has 0 saturated heterocycles. The molecule has 0 N–H and O–H groups in total. The molecule has 0 heterocycles. The van der Waals surface area contributed by atoms with E-state index in [0.29, 0.717) is 5.56 Å². The van der Waals surface area contributed by atoms with Gasteiger partial charge >= 0.3 is 7.60 Å². The van der Waals surface area contributed by atoms with Crippen LogP contribution < -0.4 is 0 Å². The van der Waals surface area contributed by atoms with Crippen LogP contribution in [0.3, 0.4) is 0 Å². The number of benzene rings is 2. The minimum atomic E-state index is -3.82. The fraction of sp³-hybridized carbons (Fsp3) is 0.333. The Labute approximate surface area is 175 Å². The number of Topliss-reactive ketones (excluding diaryl/α,β-unsaturated/α-hetero) is 1. The summed E-state index contributed by atoms with van der Waals surface area (Å²) in [5.41, 5.74) is -0.403. The van der Waals surface area contributed by atoms with Crippen LogP contribution in [0.1, 0.15) is 42.1 Å². The molecule has 0 aromatic heterocycles. The lowest BCUT2D eigenvalue weighted by Crippen LogP contribution is -2.23. The number of nitro benzene ring substituents is 1. The number of hydrogen-bond donors (Lipinski definition) is 0. The third-order valence-electron chi connectivity index (χ3n) is 4.51. The van der Waals surface area contributed by atoms with Gasteiger partial charge in [0.25, 0.3) is 5.69 Å². The van der Waals surface area contributed by atoms with Crippen molar-refractivity contribution in [2.45, 2.75) is 31.8 Å². The number of hydrogen-bond acceptors (Lipinski definition) is 7. The van der Waals surface area contributed by atoms with Crippen LogP contribution in [0.25, 0.3) is 0 Å². The Hall–Kier alpha value is -2.85. The van der Waals surface area contributed by atoms with E-state index in [0.717, 1.165) is 0 Å². The molecule has 8 nitrogen and oxygen atoms in total. The molecular formula is C21H23N2O6P. The fourth-order valence-corrected chi connectivity index (χ4v) is 5.11. The average Bonchev–Trinajstić information content (AvgIpc) is 2.74. The Balaban J connectivity index is 2.42. The second-order valence-electron chi connectivity index (χ2n) is 6.40. The van der Waals surface area contributed by atoms with E-state index in [1.54, 1.807) is 44.2 Å². The summed E-state index contributed by atoms with van der Waals surface area (Å²) in [6.45, 7) is 3.49. The molecule has 2 unspecified atom stereocenters. The summed E-state index contributed by atoms with van der Waals surface area (Å²) >= 11 is 0. The molecule has 0 fully saturated rings.